The Bertz CT molecular complexity index is 301. The monoisotopic (exact) mass is 228 g/mol. The predicted molar refractivity (Wildman–Crippen MR) is 53.8 cm³/mol. The lowest BCUT2D eigenvalue weighted by Gasteiger charge is -2.28. The van der Waals surface area contributed by atoms with Gasteiger partial charge in [0, 0.05) is 0 Å². The Morgan fingerprint density at radius 2 is 1.94 bits per heavy atom. The Labute approximate surface area is 93.7 Å². The van der Waals surface area contributed by atoms with Gasteiger partial charge >= 0.3 is 11.9 Å². The molecular formula is C11H16O5. The number of carbonyl (C=O) groups is 2. The molecule has 1 saturated carbocycles. The fourth-order valence-corrected chi connectivity index (χ4v) is 2.15. The van der Waals surface area contributed by atoms with Crippen LogP contribution in [0.2, 0.25) is 0 Å². The molecule has 1 heterocycles. The van der Waals surface area contributed by atoms with E-state index < -0.39 is 24.1 Å². The number of esters is 1. The van der Waals surface area contributed by atoms with E-state index in [4.69, 9.17) is 14.6 Å². The maximum atomic E-state index is 11.5. The summed E-state index contributed by atoms with van der Waals surface area (Å²) in [6.45, 7) is 2.06. The van der Waals surface area contributed by atoms with Crippen LogP contribution >= 0.6 is 0 Å². The molecule has 2 unspecified atom stereocenters. The topological polar surface area (TPSA) is 76.1 Å². The van der Waals surface area contributed by atoms with Crippen molar-refractivity contribution in [3.63, 3.8) is 0 Å². The molecule has 0 radical (unpaired) electrons. The lowest BCUT2D eigenvalue weighted by atomic mass is 9.88. The van der Waals surface area contributed by atoms with Crippen LogP contribution in [0.15, 0.2) is 0 Å². The van der Waals surface area contributed by atoms with Crippen LogP contribution in [0.4, 0.5) is 0 Å². The van der Waals surface area contributed by atoms with Gasteiger partial charge in [0.25, 0.3) is 0 Å². The minimum atomic E-state index is -1.10. The van der Waals surface area contributed by atoms with E-state index in [1.165, 1.54) is 6.42 Å². The Morgan fingerprint density at radius 3 is 2.50 bits per heavy atom. The van der Waals surface area contributed by atoms with Crippen LogP contribution in [0.1, 0.15) is 32.6 Å². The molecular weight excluding hydrogens is 212 g/mol. The second-order valence-electron chi connectivity index (χ2n) is 4.55. The molecule has 1 N–H and O–H groups in total. The van der Waals surface area contributed by atoms with Gasteiger partial charge < -0.3 is 14.6 Å². The van der Waals surface area contributed by atoms with Crippen molar-refractivity contribution in [2.45, 2.75) is 50.9 Å². The summed E-state index contributed by atoms with van der Waals surface area (Å²) in [5.41, 5.74) is 0. The summed E-state index contributed by atoms with van der Waals surface area (Å²) in [5, 5.41) is 8.60. The first-order chi connectivity index (χ1) is 7.59. The van der Waals surface area contributed by atoms with E-state index in [1.54, 1.807) is 0 Å². The van der Waals surface area contributed by atoms with E-state index in [-0.39, 0.29) is 6.10 Å². The fraction of sp³-hybridized carbons (Fsp3) is 0.818. The standard InChI is InChI=1S/C11H16O5/c1-6-4-2-3-5-7(6)15-11(14)9-8(16-9)10(12)13/h6-9H,2-5H2,1H3,(H,12,13)/t6?,7?,8-,9+/m1/s1. The highest BCUT2D eigenvalue weighted by atomic mass is 16.7. The molecule has 0 bridgehead atoms. The van der Waals surface area contributed by atoms with Crippen LogP contribution in [0.3, 0.4) is 0 Å². The SMILES string of the molecule is CC1CCCCC1OC(=O)[C@H]1O[C@H]1C(=O)O. The molecule has 2 aliphatic rings. The molecule has 2 rings (SSSR count). The summed E-state index contributed by atoms with van der Waals surface area (Å²) in [6.07, 6.45) is 2.23. The van der Waals surface area contributed by atoms with Gasteiger partial charge in [0.15, 0.2) is 12.2 Å². The molecule has 1 aliphatic carbocycles. The molecule has 0 spiro atoms. The third-order valence-corrected chi connectivity index (χ3v) is 3.27. The quantitative estimate of drug-likeness (QED) is 0.575. The number of hydrogen-bond acceptors (Lipinski definition) is 4. The number of ether oxygens (including phenoxy) is 2. The largest absolute Gasteiger partial charge is 0.479 e. The molecule has 0 aromatic rings. The number of rotatable bonds is 3. The van der Waals surface area contributed by atoms with E-state index in [0.717, 1.165) is 19.3 Å². The van der Waals surface area contributed by atoms with Crippen molar-refractivity contribution >= 4 is 11.9 Å². The Kier molecular flexibility index (Phi) is 3.14. The van der Waals surface area contributed by atoms with Gasteiger partial charge in [-0.3, -0.25) is 0 Å². The van der Waals surface area contributed by atoms with Crippen LogP contribution in [0, 0.1) is 5.92 Å². The first-order valence-corrected chi connectivity index (χ1v) is 5.68. The number of carbonyl (C=O) groups excluding carboxylic acids is 1. The van der Waals surface area contributed by atoms with E-state index >= 15 is 0 Å². The minimum absolute atomic E-state index is 0.0695. The highest BCUT2D eigenvalue weighted by Gasteiger charge is 2.52. The summed E-state index contributed by atoms with van der Waals surface area (Å²) >= 11 is 0. The minimum Gasteiger partial charge on any atom is -0.479 e. The van der Waals surface area contributed by atoms with Gasteiger partial charge in [0.2, 0.25) is 0 Å². The van der Waals surface area contributed by atoms with Crippen molar-refractivity contribution in [3.8, 4) is 0 Å². The van der Waals surface area contributed by atoms with Crippen molar-refractivity contribution < 1.29 is 24.2 Å². The molecule has 1 aliphatic heterocycles. The molecule has 4 atom stereocenters. The van der Waals surface area contributed by atoms with E-state index in [2.05, 4.69) is 6.92 Å². The second-order valence-corrected chi connectivity index (χ2v) is 4.55. The van der Waals surface area contributed by atoms with Gasteiger partial charge in [-0.2, -0.15) is 0 Å². The number of carboxylic acid groups (broad SMARTS) is 1. The van der Waals surface area contributed by atoms with Gasteiger partial charge in [0.1, 0.15) is 6.10 Å². The van der Waals surface area contributed by atoms with Crippen molar-refractivity contribution in [2.75, 3.05) is 0 Å². The molecule has 16 heavy (non-hydrogen) atoms. The zero-order chi connectivity index (χ0) is 11.7. The zero-order valence-electron chi connectivity index (χ0n) is 9.22. The van der Waals surface area contributed by atoms with Crippen molar-refractivity contribution in [2.24, 2.45) is 5.92 Å². The van der Waals surface area contributed by atoms with Crippen molar-refractivity contribution in [1.82, 2.24) is 0 Å². The fourth-order valence-electron chi connectivity index (χ4n) is 2.15. The van der Waals surface area contributed by atoms with Crippen LogP contribution < -0.4 is 0 Å². The van der Waals surface area contributed by atoms with Gasteiger partial charge in [0.05, 0.1) is 0 Å². The summed E-state index contributed by atoms with van der Waals surface area (Å²) in [6, 6.07) is 0. The molecule has 90 valence electrons. The average molecular weight is 228 g/mol. The first kappa shape index (κ1) is 11.4. The predicted octanol–water partition coefficient (Wildman–Crippen LogP) is 0.960. The van der Waals surface area contributed by atoms with E-state index in [0.29, 0.717) is 5.92 Å². The van der Waals surface area contributed by atoms with E-state index in [1.807, 2.05) is 0 Å². The van der Waals surface area contributed by atoms with Crippen LogP contribution in [-0.4, -0.2) is 35.4 Å². The van der Waals surface area contributed by atoms with E-state index in [9.17, 15) is 9.59 Å². The van der Waals surface area contributed by atoms with Crippen LogP contribution in [-0.2, 0) is 19.1 Å². The summed E-state index contributed by atoms with van der Waals surface area (Å²) < 4.78 is 10.0. The molecule has 0 aromatic heterocycles. The second kappa shape index (κ2) is 4.41. The highest BCUT2D eigenvalue weighted by Crippen LogP contribution is 2.29. The van der Waals surface area contributed by atoms with Gasteiger partial charge in [-0.05, 0) is 25.2 Å². The molecule has 1 saturated heterocycles. The summed E-state index contributed by atoms with van der Waals surface area (Å²) in [5.74, 6) is -1.26. The highest BCUT2D eigenvalue weighted by molar-refractivity contribution is 5.89. The Hall–Kier alpha value is -1.10. The summed E-state index contributed by atoms with van der Waals surface area (Å²) in [4.78, 5) is 22.0. The first-order valence-electron chi connectivity index (χ1n) is 5.68. The Morgan fingerprint density at radius 1 is 1.25 bits per heavy atom. The maximum Gasteiger partial charge on any atom is 0.338 e. The van der Waals surface area contributed by atoms with Crippen molar-refractivity contribution in [3.05, 3.63) is 0 Å². The molecule has 2 fully saturated rings. The Balaban J connectivity index is 1.81. The number of epoxide rings is 1. The summed E-state index contributed by atoms with van der Waals surface area (Å²) in [7, 11) is 0. The van der Waals surface area contributed by atoms with Gasteiger partial charge in [-0.25, -0.2) is 9.59 Å². The van der Waals surface area contributed by atoms with Gasteiger partial charge in [-0.1, -0.05) is 13.3 Å². The number of hydrogen-bond donors (Lipinski definition) is 1. The number of aliphatic carboxylic acids is 1. The van der Waals surface area contributed by atoms with Crippen LogP contribution in [0.5, 0.6) is 0 Å². The third-order valence-electron chi connectivity index (χ3n) is 3.27. The maximum absolute atomic E-state index is 11.5. The molecule has 0 amide bonds. The molecule has 5 heteroatoms. The zero-order valence-corrected chi connectivity index (χ0v) is 9.22. The lowest BCUT2D eigenvalue weighted by Crippen LogP contribution is -2.31. The third kappa shape index (κ3) is 2.35. The molecule has 5 nitrogen and oxygen atoms in total. The lowest BCUT2D eigenvalue weighted by molar-refractivity contribution is -0.155. The normalized spacial score (nSPS) is 37.8. The van der Waals surface area contributed by atoms with Gasteiger partial charge in [-0.15, -0.1) is 0 Å². The van der Waals surface area contributed by atoms with Crippen molar-refractivity contribution in [1.29, 1.82) is 0 Å². The number of carboxylic acids is 1. The smallest absolute Gasteiger partial charge is 0.338 e. The van der Waals surface area contributed by atoms with Crippen LogP contribution in [0.25, 0.3) is 0 Å². The average Bonchev–Trinajstić information content (AvgIpc) is 3.01. The molecule has 0 aromatic carbocycles.